The van der Waals surface area contributed by atoms with Gasteiger partial charge in [0.25, 0.3) is 5.91 Å². The Morgan fingerprint density at radius 3 is 2.93 bits per heavy atom. The Balaban J connectivity index is 1.75. The van der Waals surface area contributed by atoms with E-state index in [-0.39, 0.29) is 30.5 Å². The van der Waals surface area contributed by atoms with E-state index in [0.29, 0.717) is 17.9 Å². The summed E-state index contributed by atoms with van der Waals surface area (Å²) in [5.41, 5.74) is 4.75. The number of amides is 2. The second-order valence-corrected chi connectivity index (χ2v) is 7.29. The Morgan fingerprint density at radius 2 is 2.28 bits per heavy atom. The third-order valence-corrected chi connectivity index (χ3v) is 4.81. The molecule has 0 bridgehead atoms. The van der Waals surface area contributed by atoms with Gasteiger partial charge in [-0.3, -0.25) is 19.6 Å². The number of ether oxygens (including phenoxy) is 1. The zero-order chi connectivity index (χ0) is 20.8. The molecule has 1 aromatic rings. The van der Waals surface area contributed by atoms with Crippen molar-refractivity contribution in [2.75, 3.05) is 6.61 Å². The summed E-state index contributed by atoms with van der Waals surface area (Å²) >= 11 is 0. The van der Waals surface area contributed by atoms with Gasteiger partial charge >= 0.3 is 0 Å². The number of aromatic nitrogens is 1. The molecule has 0 saturated carbocycles. The summed E-state index contributed by atoms with van der Waals surface area (Å²) in [7, 11) is 0. The number of pyridine rings is 1. The number of nitrogens with one attached hydrogen (secondary N) is 3. The lowest BCUT2D eigenvalue weighted by molar-refractivity contribution is -0.125. The van der Waals surface area contributed by atoms with Crippen molar-refractivity contribution in [2.45, 2.75) is 57.8 Å². The van der Waals surface area contributed by atoms with Gasteiger partial charge in [0, 0.05) is 30.7 Å². The van der Waals surface area contributed by atoms with Crippen molar-refractivity contribution in [3.05, 3.63) is 41.5 Å². The van der Waals surface area contributed by atoms with Gasteiger partial charge in [0.05, 0.1) is 23.8 Å². The van der Waals surface area contributed by atoms with Crippen molar-refractivity contribution >= 4 is 11.8 Å². The Hall–Kier alpha value is -2.96. The second kappa shape index (κ2) is 9.49. The van der Waals surface area contributed by atoms with Gasteiger partial charge in [-0.2, -0.15) is 5.26 Å². The van der Waals surface area contributed by atoms with Crippen LogP contribution >= 0.6 is 0 Å². The van der Waals surface area contributed by atoms with E-state index in [9.17, 15) is 9.59 Å². The fourth-order valence-electron chi connectivity index (χ4n) is 3.21. The standard InChI is InChI=1S/C20H26N6O3/c1-13-6-7-15(11-22-13)19(27)24-16-12-26(17-5-3-4-10-29-17)25-18(16)20(28)23-14(2)8-9-21/h6-7,11-12,14,17-18,25H,3-5,8,10H2,1-2H3,(H,23,28)(H,24,27)/t14-,17?,18?/m0/s1. The van der Waals surface area contributed by atoms with Gasteiger partial charge in [0.1, 0.15) is 12.3 Å². The monoisotopic (exact) mass is 398 g/mol. The highest BCUT2D eigenvalue weighted by molar-refractivity contribution is 5.96. The zero-order valence-electron chi connectivity index (χ0n) is 16.6. The number of aryl methyl sites for hydroxylation is 1. The van der Waals surface area contributed by atoms with E-state index in [1.807, 2.05) is 13.0 Å². The number of hydrogen-bond acceptors (Lipinski definition) is 7. The second-order valence-electron chi connectivity index (χ2n) is 7.29. The number of nitriles is 1. The Kier molecular flexibility index (Phi) is 6.80. The molecule has 1 aromatic heterocycles. The highest BCUT2D eigenvalue weighted by atomic mass is 16.5. The maximum atomic E-state index is 12.8. The molecule has 2 aliphatic heterocycles. The molecule has 0 aliphatic carbocycles. The van der Waals surface area contributed by atoms with Crippen LogP contribution in [0.1, 0.15) is 48.7 Å². The highest BCUT2D eigenvalue weighted by Crippen LogP contribution is 2.21. The van der Waals surface area contributed by atoms with Crippen LogP contribution in [0.15, 0.2) is 30.2 Å². The Bertz CT molecular complexity index is 811. The van der Waals surface area contributed by atoms with Gasteiger partial charge in [-0.05, 0) is 45.2 Å². The molecule has 3 heterocycles. The fraction of sp³-hybridized carbons (Fsp3) is 0.500. The molecular formula is C20H26N6O3. The van der Waals surface area contributed by atoms with Crippen LogP contribution in [0.4, 0.5) is 0 Å². The van der Waals surface area contributed by atoms with Crippen LogP contribution in [0.5, 0.6) is 0 Å². The molecule has 0 aromatic carbocycles. The van der Waals surface area contributed by atoms with Crippen molar-refractivity contribution in [1.29, 1.82) is 5.26 Å². The van der Waals surface area contributed by atoms with Crippen LogP contribution in [-0.4, -0.2) is 46.7 Å². The summed E-state index contributed by atoms with van der Waals surface area (Å²) in [5.74, 6) is -0.667. The first kappa shape index (κ1) is 20.8. The van der Waals surface area contributed by atoms with Crippen molar-refractivity contribution in [2.24, 2.45) is 0 Å². The summed E-state index contributed by atoms with van der Waals surface area (Å²) in [6.07, 6.45) is 6.07. The number of hydrazine groups is 1. The zero-order valence-corrected chi connectivity index (χ0v) is 16.6. The number of carbonyl (C=O) groups is 2. The summed E-state index contributed by atoms with van der Waals surface area (Å²) < 4.78 is 5.78. The molecule has 3 rings (SSSR count). The van der Waals surface area contributed by atoms with E-state index >= 15 is 0 Å². The van der Waals surface area contributed by atoms with E-state index in [4.69, 9.17) is 10.00 Å². The van der Waals surface area contributed by atoms with Crippen LogP contribution in [-0.2, 0) is 9.53 Å². The predicted molar refractivity (Wildman–Crippen MR) is 105 cm³/mol. The summed E-state index contributed by atoms with van der Waals surface area (Å²) in [5, 5.41) is 16.2. The topological polar surface area (TPSA) is 119 Å². The maximum absolute atomic E-state index is 12.8. The molecule has 3 N–H and O–H groups in total. The van der Waals surface area contributed by atoms with Crippen molar-refractivity contribution in [1.82, 2.24) is 26.1 Å². The van der Waals surface area contributed by atoms with Crippen LogP contribution in [0.25, 0.3) is 0 Å². The predicted octanol–water partition coefficient (Wildman–Crippen LogP) is 1.10. The molecule has 2 aliphatic rings. The van der Waals surface area contributed by atoms with Gasteiger partial charge in [-0.1, -0.05) is 0 Å². The quantitative estimate of drug-likeness (QED) is 0.656. The van der Waals surface area contributed by atoms with Gasteiger partial charge in [-0.15, -0.1) is 0 Å². The summed E-state index contributed by atoms with van der Waals surface area (Å²) in [6.45, 7) is 4.26. The summed E-state index contributed by atoms with van der Waals surface area (Å²) in [6, 6.07) is 4.39. The van der Waals surface area contributed by atoms with Gasteiger partial charge in [0.15, 0.2) is 0 Å². The average molecular weight is 398 g/mol. The Morgan fingerprint density at radius 1 is 1.45 bits per heavy atom. The smallest absolute Gasteiger partial charge is 0.257 e. The fourth-order valence-corrected chi connectivity index (χ4v) is 3.21. The minimum absolute atomic E-state index is 0.203. The molecule has 29 heavy (non-hydrogen) atoms. The van der Waals surface area contributed by atoms with Crippen LogP contribution in [0, 0.1) is 18.3 Å². The van der Waals surface area contributed by atoms with Crippen molar-refractivity contribution in [3.63, 3.8) is 0 Å². The molecule has 9 nitrogen and oxygen atoms in total. The normalized spacial score (nSPS) is 22.4. The molecule has 9 heteroatoms. The van der Waals surface area contributed by atoms with Crippen LogP contribution in [0.2, 0.25) is 0 Å². The third kappa shape index (κ3) is 5.31. The number of rotatable bonds is 6. The molecule has 2 amide bonds. The highest BCUT2D eigenvalue weighted by Gasteiger charge is 2.35. The molecule has 1 saturated heterocycles. The third-order valence-electron chi connectivity index (χ3n) is 4.81. The average Bonchev–Trinajstić information content (AvgIpc) is 3.13. The lowest BCUT2D eigenvalue weighted by Crippen LogP contribution is -2.53. The first-order valence-electron chi connectivity index (χ1n) is 9.77. The molecule has 3 atom stereocenters. The molecule has 154 valence electrons. The first-order chi connectivity index (χ1) is 14.0. The van der Waals surface area contributed by atoms with Gasteiger partial charge in [-0.25, -0.2) is 5.43 Å². The van der Waals surface area contributed by atoms with Crippen molar-refractivity contribution < 1.29 is 14.3 Å². The SMILES string of the molecule is Cc1ccc(C(=O)NC2=CN(C3CCCCO3)NC2C(=O)N[C@@H](C)CC#N)cn1. The number of hydrogen-bond donors (Lipinski definition) is 3. The van der Waals surface area contributed by atoms with Crippen molar-refractivity contribution in [3.8, 4) is 6.07 Å². The molecule has 1 fully saturated rings. The lowest BCUT2D eigenvalue weighted by atomic mass is 10.1. The maximum Gasteiger partial charge on any atom is 0.257 e. The summed E-state index contributed by atoms with van der Waals surface area (Å²) in [4.78, 5) is 29.6. The van der Waals surface area contributed by atoms with Crippen LogP contribution < -0.4 is 16.1 Å². The van der Waals surface area contributed by atoms with E-state index in [0.717, 1.165) is 25.0 Å². The van der Waals surface area contributed by atoms with E-state index in [1.165, 1.54) is 6.20 Å². The van der Waals surface area contributed by atoms with Gasteiger partial charge < -0.3 is 15.4 Å². The van der Waals surface area contributed by atoms with E-state index in [1.54, 1.807) is 30.3 Å². The molecule has 0 radical (unpaired) electrons. The minimum Gasteiger partial charge on any atom is -0.357 e. The Labute approximate surface area is 170 Å². The number of nitrogens with zero attached hydrogens (tertiary/aromatic N) is 3. The minimum atomic E-state index is -0.788. The first-order valence-corrected chi connectivity index (χ1v) is 9.77. The lowest BCUT2D eigenvalue weighted by Gasteiger charge is -2.31. The molecule has 2 unspecified atom stereocenters. The number of carbonyl (C=O) groups excluding carboxylic acids is 2. The van der Waals surface area contributed by atoms with Gasteiger partial charge in [0.2, 0.25) is 5.91 Å². The van der Waals surface area contributed by atoms with Crippen LogP contribution in [0.3, 0.4) is 0 Å². The van der Waals surface area contributed by atoms with E-state index < -0.39 is 6.04 Å². The molecule has 0 spiro atoms. The largest absolute Gasteiger partial charge is 0.357 e. The van der Waals surface area contributed by atoms with E-state index in [2.05, 4.69) is 21.0 Å². The molecular weight excluding hydrogens is 372 g/mol.